The summed E-state index contributed by atoms with van der Waals surface area (Å²) < 4.78 is 16.5. The Morgan fingerprint density at radius 1 is 1.07 bits per heavy atom. The zero-order valence-electron chi connectivity index (χ0n) is 24.6. The van der Waals surface area contributed by atoms with E-state index in [1.54, 1.807) is 24.4 Å². The SMILES string of the molecule is CC(N)CCCc1cc(Cl)c(F)c(-c2cc3cn(-c4ccc(CNC(CCN=C(N)N)CN=C(N)N)cc4)c(=O)nc3[nH]2)c1. The maximum atomic E-state index is 15.1. The fourth-order valence-electron chi connectivity index (χ4n) is 4.80. The van der Waals surface area contributed by atoms with Crippen molar-refractivity contribution < 1.29 is 4.39 Å². The molecule has 12 nitrogen and oxygen atoms in total. The molecular weight excluding hydrogens is 585 g/mol. The van der Waals surface area contributed by atoms with Crippen LogP contribution in [-0.2, 0) is 13.0 Å². The third kappa shape index (κ3) is 8.78. The highest BCUT2D eigenvalue weighted by Gasteiger charge is 2.16. The van der Waals surface area contributed by atoms with E-state index in [-0.39, 0.29) is 29.0 Å². The van der Waals surface area contributed by atoms with Crippen molar-refractivity contribution in [3.8, 4) is 16.9 Å². The molecule has 0 saturated heterocycles. The van der Waals surface area contributed by atoms with Crippen LogP contribution >= 0.6 is 11.6 Å². The first-order valence-corrected chi connectivity index (χ1v) is 14.7. The molecule has 14 heteroatoms. The molecule has 2 atom stereocenters. The number of rotatable bonds is 14. The van der Waals surface area contributed by atoms with Crippen LogP contribution in [0, 0.1) is 5.82 Å². The van der Waals surface area contributed by atoms with Gasteiger partial charge in [0.15, 0.2) is 17.7 Å². The largest absolute Gasteiger partial charge is 0.370 e. The fraction of sp³-hybridized carbons (Fsp3) is 0.333. The highest BCUT2D eigenvalue weighted by atomic mass is 35.5. The summed E-state index contributed by atoms with van der Waals surface area (Å²) in [6.45, 7) is 3.28. The third-order valence-corrected chi connectivity index (χ3v) is 7.36. The van der Waals surface area contributed by atoms with Gasteiger partial charge in [-0.05, 0) is 74.1 Å². The van der Waals surface area contributed by atoms with E-state index in [9.17, 15) is 4.79 Å². The summed E-state index contributed by atoms with van der Waals surface area (Å²) in [5.74, 6) is -0.510. The van der Waals surface area contributed by atoms with Crippen LogP contribution in [0.15, 0.2) is 63.4 Å². The molecule has 0 bridgehead atoms. The summed E-state index contributed by atoms with van der Waals surface area (Å²) in [6.07, 6.45) is 4.74. The Labute approximate surface area is 259 Å². The van der Waals surface area contributed by atoms with Gasteiger partial charge in [0.25, 0.3) is 0 Å². The first-order chi connectivity index (χ1) is 21.0. The second-order valence-corrected chi connectivity index (χ2v) is 11.2. The molecule has 4 rings (SSSR count). The molecule has 2 heterocycles. The first kappa shape index (κ1) is 32.5. The van der Waals surface area contributed by atoms with Crippen LogP contribution in [-0.4, -0.2) is 51.6 Å². The van der Waals surface area contributed by atoms with Crippen molar-refractivity contribution in [3.05, 3.63) is 81.1 Å². The number of aryl methyl sites for hydroxylation is 1. The third-order valence-electron chi connectivity index (χ3n) is 7.09. The second-order valence-electron chi connectivity index (χ2n) is 10.8. The van der Waals surface area contributed by atoms with E-state index < -0.39 is 11.5 Å². The van der Waals surface area contributed by atoms with Crippen molar-refractivity contribution in [1.82, 2.24) is 19.9 Å². The Morgan fingerprint density at radius 2 is 1.80 bits per heavy atom. The predicted molar refractivity (Wildman–Crippen MR) is 175 cm³/mol. The van der Waals surface area contributed by atoms with Gasteiger partial charge < -0.3 is 39.0 Å². The van der Waals surface area contributed by atoms with E-state index >= 15 is 4.39 Å². The van der Waals surface area contributed by atoms with Gasteiger partial charge in [-0.15, -0.1) is 0 Å². The van der Waals surface area contributed by atoms with Gasteiger partial charge >= 0.3 is 5.69 Å². The lowest BCUT2D eigenvalue weighted by Crippen LogP contribution is -2.34. The van der Waals surface area contributed by atoms with Gasteiger partial charge in [-0.3, -0.25) is 14.6 Å². The summed E-state index contributed by atoms with van der Waals surface area (Å²) in [4.78, 5) is 28.4. The molecule has 0 aliphatic carbocycles. The Balaban J connectivity index is 1.51. The van der Waals surface area contributed by atoms with Crippen LogP contribution in [0.4, 0.5) is 4.39 Å². The Morgan fingerprint density at radius 3 is 2.48 bits per heavy atom. The van der Waals surface area contributed by atoms with Crippen LogP contribution in [0.25, 0.3) is 28.0 Å². The number of hydrogen-bond donors (Lipinski definition) is 7. The Bertz CT molecular complexity index is 1690. The van der Waals surface area contributed by atoms with E-state index in [0.29, 0.717) is 54.0 Å². The predicted octanol–water partition coefficient (Wildman–Crippen LogP) is 2.24. The minimum atomic E-state index is -0.537. The van der Waals surface area contributed by atoms with E-state index in [4.69, 9.17) is 40.3 Å². The number of halogens is 2. The van der Waals surface area contributed by atoms with Crippen molar-refractivity contribution in [2.45, 2.75) is 51.2 Å². The molecule has 0 spiro atoms. The number of aromatic amines is 1. The van der Waals surface area contributed by atoms with Gasteiger partial charge in [0, 0.05) is 42.3 Å². The number of hydrogen-bond acceptors (Lipinski definition) is 6. The average Bonchev–Trinajstić information content (AvgIpc) is 3.38. The molecule has 2 aromatic carbocycles. The monoisotopic (exact) mass is 623 g/mol. The van der Waals surface area contributed by atoms with Gasteiger partial charge in [-0.2, -0.15) is 4.98 Å². The van der Waals surface area contributed by atoms with Crippen molar-refractivity contribution in [3.63, 3.8) is 0 Å². The molecular formula is C30H39ClFN11O. The average molecular weight is 624 g/mol. The molecule has 44 heavy (non-hydrogen) atoms. The number of nitrogens with one attached hydrogen (secondary N) is 2. The molecule has 234 valence electrons. The maximum absolute atomic E-state index is 15.1. The highest BCUT2D eigenvalue weighted by Crippen LogP contribution is 2.31. The Hall–Kier alpha value is -4.46. The molecule has 0 saturated carbocycles. The summed E-state index contributed by atoms with van der Waals surface area (Å²) in [6, 6.07) is 12.7. The minimum absolute atomic E-state index is 0.00373. The maximum Gasteiger partial charge on any atom is 0.354 e. The molecule has 0 radical (unpaired) electrons. The van der Waals surface area contributed by atoms with Gasteiger partial charge in [0.05, 0.1) is 22.9 Å². The quantitative estimate of drug-likeness (QED) is 0.0814. The summed E-state index contributed by atoms with van der Waals surface area (Å²) in [5.41, 5.74) is 30.9. The number of aromatic nitrogens is 3. The lowest BCUT2D eigenvalue weighted by atomic mass is 10.0. The Kier molecular flexibility index (Phi) is 10.9. The molecule has 0 aliphatic heterocycles. The molecule has 4 aromatic rings. The number of guanidine groups is 2. The molecule has 0 aliphatic rings. The highest BCUT2D eigenvalue weighted by molar-refractivity contribution is 6.31. The topological polar surface area (TPSA) is 218 Å². The van der Waals surface area contributed by atoms with Crippen LogP contribution in [0.2, 0.25) is 5.02 Å². The number of H-pyrrole nitrogens is 1. The molecule has 0 amide bonds. The van der Waals surface area contributed by atoms with Crippen molar-refractivity contribution in [1.29, 1.82) is 0 Å². The van der Waals surface area contributed by atoms with Crippen molar-refractivity contribution in [2.24, 2.45) is 38.7 Å². The minimum Gasteiger partial charge on any atom is -0.370 e. The van der Waals surface area contributed by atoms with Crippen LogP contribution < -0.4 is 39.7 Å². The summed E-state index contributed by atoms with van der Waals surface area (Å²) in [5, 5.41) is 4.09. The van der Waals surface area contributed by atoms with Gasteiger partial charge in [-0.1, -0.05) is 23.7 Å². The smallest absolute Gasteiger partial charge is 0.354 e. The normalized spacial score (nSPS) is 12.6. The summed E-state index contributed by atoms with van der Waals surface area (Å²) >= 11 is 6.24. The van der Waals surface area contributed by atoms with Crippen LogP contribution in [0.5, 0.6) is 0 Å². The summed E-state index contributed by atoms with van der Waals surface area (Å²) in [7, 11) is 0. The fourth-order valence-corrected chi connectivity index (χ4v) is 5.04. The van der Waals surface area contributed by atoms with Crippen molar-refractivity contribution >= 4 is 34.6 Å². The van der Waals surface area contributed by atoms with E-state index in [2.05, 4.69) is 25.3 Å². The standard InChI is InChI=1S/C30H39ClFN11O/c1-17(33)3-2-4-19-11-23(26(32)24(31)12-19)25-13-20-16-43(30(44)42-27(20)41-25)22-7-5-18(6-8-22)14-39-21(15-40-29(36)37)9-10-38-28(34)35/h5-8,11-13,16-17,21,39H,2-4,9-10,14-15,33H2,1H3,(H4,34,35,38)(H4,36,37,40)(H,41,42,44). The number of nitrogens with zero attached hydrogens (tertiary/aromatic N) is 4. The van der Waals surface area contributed by atoms with Crippen molar-refractivity contribution in [2.75, 3.05) is 13.1 Å². The zero-order chi connectivity index (χ0) is 31.8. The number of aliphatic imine (C=N–C) groups is 2. The van der Waals surface area contributed by atoms with Crippen LogP contribution in [0.1, 0.15) is 37.3 Å². The number of benzene rings is 2. The molecule has 0 fully saturated rings. The van der Waals surface area contributed by atoms with Crippen LogP contribution in [0.3, 0.4) is 0 Å². The van der Waals surface area contributed by atoms with Gasteiger partial charge in [-0.25, -0.2) is 9.18 Å². The first-order valence-electron chi connectivity index (χ1n) is 14.3. The van der Waals surface area contributed by atoms with E-state index in [1.165, 1.54) is 4.57 Å². The number of fused-ring (bicyclic) bond motifs is 1. The molecule has 2 aromatic heterocycles. The molecule has 2 unspecified atom stereocenters. The van der Waals surface area contributed by atoms with Gasteiger partial charge in [0.1, 0.15) is 5.65 Å². The van der Waals surface area contributed by atoms with E-state index in [0.717, 1.165) is 30.4 Å². The second kappa shape index (κ2) is 14.8. The lowest BCUT2D eigenvalue weighted by molar-refractivity contribution is 0.493. The lowest BCUT2D eigenvalue weighted by Gasteiger charge is -2.16. The molecule has 12 N–H and O–H groups in total. The zero-order valence-corrected chi connectivity index (χ0v) is 25.3. The number of nitrogens with two attached hydrogens (primary N) is 5. The van der Waals surface area contributed by atoms with E-state index in [1.807, 2.05) is 31.2 Å². The van der Waals surface area contributed by atoms with Gasteiger partial charge in [0.2, 0.25) is 0 Å².